The Morgan fingerprint density at radius 2 is 1.93 bits per heavy atom. The lowest BCUT2D eigenvalue weighted by atomic mass is 9.96. The summed E-state index contributed by atoms with van der Waals surface area (Å²) in [5, 5.41) is 2.43. The third-order valence-corrected chi connectivity index (χ3v) is 7.86. The number of nitrogens with one attached hydrogen (secondary N) is 2. The second-order valence-corrected chi connectivity index (χ2v) is 10.5. The van der Waals surface area contributed by atoms with Crippen molar-refractivity contribution in [3.63, 3.8) is 0 Å². The quantitative estimate of drug-likeness (QED) is 0.391. The first kappa shape index (κ1) is 30.0. The Hall–Kier alpha value is -4.46. The van der Waals surface area contributed by atoms with Crippen molar-refractivity contribution >= 4 is 28.7 Å². The van der Waals surface area contributed by atoms with Gasteiger partial charge in [-0.3, -0.25) is 9.59 Å². The zero-order valence-electron chi connectivity index (χ0n) is 23.8. The first-order chi connectivity index (χ1) is 20.6. The minimum absolute atomic E-state index is 0.0418. The van der Waals surface area contributed by atoms with E-state index in [-0.39, 0.29) is 29.4 Å². The average Bonchev–Trinajstić information content (AvgIpc) is 3.00. The Morgan fingerprint density at radius 1 is 1.14 bits per heavy atom. The minimum atomic E-state index is -3.13. The van der Waals surface area contributed by atoms with Crippen molar-refractivity contribution in [3.8, 4) is 5.88 Å². The van der Waals surface area contributed by atoms with Crippen LogP contribution in [-0.2, 0) is 0 Å². The van der Waals surface area contributed by atoms with E-state index in [9.17, 15) is 18.4 Å². The molecule has 0 unspecified atom stereocenters. The molecule has 5 rings (SSSR count). The molecule has 3 aromatic rings. The largest absolute Gasteiger partial charge is 0.481 e. The zero-order valence-corrected chi connectivity index (χ0v) is 23.8. The molecule has 0 aliphatic carbocycles. The molecule has 2 aliphatic rings. The van der Waals surface area contributed by atoms with E-state index in [4.69, 9.17) is 4.74 Å². The van der Waals surface area contributed by atoms with Crippen LogP contribution in [0, 0.1) is 11.6 Å². The Bertz CT molecular complexity index is 1610. The molecule has 1 fully saturated rings. The molecule has 228 valence electrons. The number of ether oxygens (including phenoxy) is 1. The number of likely N-dealkylation sites (N-methyl/N-ethyl adjacent to an activating group) is 1. The van der Waals surface area contributed by atoms with Gasteiger partial charge in [0.25, 0.3) is 12.3 Å². The van der Waals surface area contributed by atoms with Crippen LogP contribution in [0.15, 0.2) is 41.6 Å². The number of nitrogens with zero attached hydrogens (tertiary/aromatic N) is 5. The highest BCUT2D eigenvalue weighted by molar-refractivity contribution is 6.07. The average molecular weight is 602 g/mol. The van der Waals surface area contributed by atoms with E-state index in [1.807, 2.05) is 18.9 Å². The summed E-state index contributed by atoms with van der Waals surface area (Å²) < 4.78 is 64.8. The second kappa shape index (κ2) is 12.4. The van der Waals surface area contributed by atoms with Gasteiger partial charge in [0.05, 0.1) is 23.9 Å². The van der Waals surface area contributed by atoms with Crippen molar-refractivity contribution in [2.75, 3.05) is 62.0 Å². The predicted molar refractivity (Wildman–Crippen MR) is 154 cm³/mol. The smallest absolute Gasteiger partial charge is 0.264 e. The van der Waals surface area contributed by atoms with Gasteiger partial charge in [0.1, 0.15) is 23.6 Å². The number of piperazine rings is 1. The number of alkyl halides is 2. The fourth-order valence-corrected chi connectivity index (χ4v) is 5.30. The number of pyridine rings is 1. The van der Waals surface area contributed by atoms with Gasteiger partial charge in [0, 0.05) is 68.7 Å². The van der Waals surface area contributed by atoms with Crippen LogP contribution in [0.25, 0.3) is 5.57 Å². The van der Waals surface area contributed by atoms with Gasteiger partial charge >= 0.3 is 0 Å². The normalized spacial score (nSPS) is 17.7. The number of rotatable bonds is 7. The van der Waals surface area contributed by atoms with Crippen molar-refractivity contribution < 1.29 is 27.1 Å². The molecular formula is C29H31F4N7O3. The van der Waals surface area contributed by atoms with Crippen molar-refractivity contribution in [3.05, 3.63) is 75.5 Å². The highest BCUT2D eigenvalue weighted by Gasteiger charge is 2.30. The molecule has 0 radical (unpaired) electrons. The van der Waals surface area contributed by atoms with Crippen molar-refractivity contribution in [1.82, 2.24) is 19.9 Å². The summed E-state index contributed by atoms with van der Waals surface area (Å²) in [7, 11) is 3.42. The summed E-state index contributed by atoms with van der Waals surface area (Å²) >= 11 is 0. The van der Waals surface area contributed by atoms with E-state index in [1.165, 1.54) is 19.5 Å². The molecule has 2 N–H and O–H groups in total. The zero-order chi connectivity index (χ0) is 30.8. The molecule has 1 amide bonds. The number of aromatic nitrogens is 3. The van der Waals surface area contributed by atoms with Gasteiger partial charge in [-0.2, -0.15) is 0 Å². The van der Waals surface area contributed by atoms with Crippen LogP contribution >= 0.6 is 0 Å². The van der Waals surface area contributed by atoms with Crippen molar-refractivity contribution in [2.24, 2.45) is 0 Å². The molecule has 2 aromatic heterocycles. The molecule has 1 aromatic carbocycles. The number of carbonyl (C=O) groups is 1. The summed E-state index contributed by atoms with van der Waals surface area (Å²) in [6, 6.07) is 3.50. The maximum atomic E-state index is 16.4. The number of halogens is 4. The van der Waals surface area contributed by atoms with Gasteiger partial charge in [0.2, 0.25) is 11.4 Å². The molecule has 1 atom stereocenters. The maximum Gasteiger partial charge on any atom is 0.264 e. The monoisotopic (exact) mass is 601 g/mol. The van der Waals surface area contributed by atoms with Crippen LogP contribution < -0.4 is 25.4 Å². The molecule has 43 heavy (non-hydrogen) atoms. The topological polar surface area (TPSA) is 107 Å². The minimum Gasteiger partial charge on any atom is -0.481 e. The fraction of sp³-hybridized carbons (Fsp3) is 0.379. The van der Waals surface area contributed by atoms with Crippen LogP contribution in [0.1, 0.15) is 41.3 Å². The lowest BCUT2D eigenvalue weighted by molar-refractivity contribution is 0.101. The molecule has 0 saturated carbocycles. The first-order valence-electron chi connectivity index (χ1n) is 13.7. The molecular weight excluding hydrogens is 570 g/mol. The van der Waals surface area contributed by atoms with Gasteiger partial charge in [-0.15, -0.1) is 0 Å². The molecule has 0 spiro atoms. The van der Waals surface area contributed by atoms with E-state index in [0.29, 0.717) is 56.1 Å². The summed E-state index contributed by atoms with van der Waals surface area (Å²) in [5.74, 6) is -1.91. The van der Waals surface area contributed by atoms with Gasteiger partial charge in [-0.05, 0) is 26.0 Å². The summed E-state index contributed by atoms with van der Waals surface area (Å²) in [4.78, 5) is 41.1. The molecule has 14 heteroatoms. The molecule has 10 nitrogen and oxygen atoms in total. The van der Waals surface area contributed by atoms with E-state index in [1.54, 1.807) is 17.0 Å². The highest BCUT2D eigenvalue weighted by atomic mass is 19.3. The van der Waals surface area contributed by atoms with E-state index in [0.717, 1.165) is 6.20 Å². The summed E-state index contributed by atoms with van der Waals surface area (Å²) in [5.41, 5.74) is -2.28. The van der Waals surface area contributed by atoms with Crippen LogP contribution in [0.4, 0.5) is 34.8 Å². The third kappa shape index (κ3) is 6.19. The lowest BCUT2D eigenvalue weighted by Crippen LogP contribution is -2.50. The molecule has 4 heterocycles. The Labute approximate surface area is 245 Å². The number of H-pyrrole nitrogens is 1. The molecule has 2 aliphatic heterocycles. The SMILES string of the molecule is COc1cc(N2CC=C(c3c(F)cc(N4CCN(C)[C@@H](C)C4)c(NC(=O)c4c[nH]c(=O)cc4C(F)F)c3F)CC2)ncn1. The van der Waals surface area contributed by atoms with Gasteiger partial charge in [0.15, 0.2) is 5.82 Å². The standard InChI is InChI=1S/C29H31F4N7O3/c1-16-14-40(9-8-38(16)2)21-11-20(30)25(17-4-6-39(7-5-17)22-12-24(43-3)36-15-35-22)26(31)27(21)37-29(42)19-13-34-23(41)10-18(19)28(32)33/h4,10-13,15-16,28H,5-9,14H2,1-3H3,(H,34,41)(H,37,42)/t16-/m0/s1. The lowest BCUT2D eigenvalue weighted by Gasteiger charge is -2.40. The number of carbonyl (C=O) groups excluding carboxylic acids is 1. The Balaban J connectivity index is 1.53. The number of amides is 1. The number of hydrogen-bond donors (Lipinski definition) is 2. The van der Waals surface area contributed by atoms with Crippen molar-refractivity contribution in [1.29, 1.82) is 0 Å². The molecule has 0 bridgehead atoms. The van der Waals surface area contributed by atoms with Crippen LogP contribution in [-0.4, -0.2) is 78.7 Å². The number of anilines is 3. The van der Waals surface area contributed by atoms with Crippen LogP contribution in [0.3, 0.4) is 0 Å². The number of aromatic amines is 1. The fourth-order valence-electron chi connectivity index (χ4n) is 5.30. The summed E-state index contributed by atoms with van der Waals surface area (Å²) in [6.07, 6.45) is 1.04. The van der Waals surface area contributed by atoms with Crippen LogP contribution in [0.2, 0.25) is 0 Å². The van der Waals surface area contributed by atoms with Crippen molar-refractivity contribution in [2.45, 2.75) is 25.8 Å². The maximum absolute atomic E-state index is 16.4. The second-order valence-electron chi connectivity index (χ2n) is 10.5. The summed E-state index contributed by atoms with van der Waals surface area (Å²) in [6.45, 7) is 4.08. The van der Waals surface area contributed by atoms with Gasteiger partial charge in [-0.25, -0.2) is 27.5 Å². The van der Waals surface area contributed by atoms with Crippen LogP contribution in [0.5, 0.6) is 5.88 Å². The first-order valence-corrected chi connectivity index (χ1v) is 13.7. The van der Waals surface area contributed by atoms with E-state index in [2.05, 4.69) is 25.2 Å². The Kier molecular flexibility index (Phi) is 8.67. The predicted octanol–water partition coefficient (Wildman–Crippen LogP) is 4.08. The number of methoxy groups -OCH3 is 1. The Morgan fingerprint density at radius 3 is 2.60 bits per heavy atom. The van der Waals surface area contributed by atoms with Gasteiger partial charge < -0.3 is 29.7 Å². The van der Waals surface area contributed by atoms with Gasteiger partial charge in [-0.1, -0.05) is 6.08 Å². The number of hydrogen-bond acceptors (Lipinski definition) is 8. The highest BCUT2D eigenvalue weighted by Crippen LogP contribution is 2.39. The van der Waals surface area contributed by atoms with E-state index >= 15 is 8.78 Å². The number of benzene rings is 1. The third-order valence-electron chi connectivity index (χ3n) is 7.86. The van der Waals surface area contributed by atoms with E-state index < -0.39 is 40.7 Å². The molecule has 1 saturated heterocycles.